The fourth-order valence-electron chi connectivity index (χ4n) is 1.58. The van der Waals surface area contributed by atoms with Crippen LogP contribution in [0.5, 0.6) is 0 Å². The maximum atomic E-state index is 12.8. The largest absolute Gasteiger partial charge is 0.336 e. The van der Waals surface area contributed by atoms with E-state index in [4.69, 9.17) is 0 Å². The number of carbonyl (C=O) groups excluding carboxylic acids is 1. The van der Waals surface area contributed by atoms with E-state index in [1.165, 1.54) is 17.0 Å². The van der Waals surface area contributed by atoms with E-state index in [0.717, 1.165) is 6.07 Å². The number of hydrogen-bond acceptors (Lipinski definition) is 1. The van der Waals surface area contributed by atoms with Gasteiger partial charge in [0.25, 0.3) is 0 Å². The summed E-state index contributed by atoms with van der Waals surface area (Å²) in [6.45, 7) is 1.38. The van der Waals surface area contributed by atoms with Gasteiger partial charge in [-0.05, 0) is 17.7 Å². The van der Waals surface area contributed by atoms with Crippen LogP contribution in [0, 0.1) is 11.6 Å². The van der Waals surface area contributed by atoms with Crippen LogP contribution in [0.4, 0.5) is 13.6 Å². The highest BCUT2D eigenvalue weighted by atomic mass is 19.1. The maximum Gasteiger partial charge on any atom is 0.317 e. The molecule has 1 aliphatic heterocycles. The number of nitrogens with zero attached hydrogens (tertiary/aromatic N) is 1. The van der Waals surface area contributed by atoms with Gasteiger partial charge in [-0.1, -0.05) is 0 Å². The Kier molecular flexibility index (Phi) is 2.53. The summed E-state index contributed by atoms with van der Waals surface area (Å²) in [6.07, 6.45) is 0. The van der Waals surface area contributed by atoms with Crippen LogP contribution < -0.4 is 5.32 Å². The number of amides is 2. The maximum absolute atomic E-state index is 12.8. The molecule has 0 spiro atoms. The van der Waals surface area contributed by atoms with E-state index in [-0.39, 0.29) is 12.6 Å². The molecule has 2 rings (SSSR count). The van der Waals surface area contributed by atoms with Gasteiger partial charge in [-0.15, -0.1) is 0 Å². The summed E-state index contributed by atoms with van der Waals surface area (Å²) in [5, 5.41) is 2.62. The standard InChI is InChI=1S/C10H10F2N2O/c11-8-3-7(4-9(12)5-8)6-14-2-1-13-10(14)15/h3-5H,1-2,6H2,(H,13,15). The summed E-state index contributed by atoms with van der Waals surface area (Å²) in [5.41, 5.74) is 0.463. The molecule has 80 valence electrons. The van der Waals surface area contributed by atoms with Gasteiger partial charge in [0.2, 0.25) is 0 Å². The van der Waals surface area contributed by atoms with Gasteiger partial charge in [0.05, 0.1) is 0 Å². The number of urea groups is 1. The van der Waals surface area contributed by atoms with Crippen molar-refractivity contribution in [3.63, 3.8) is 0 Å². The number of halogens is 2. The van der Waals surface area contributed by atoms with E-state index < -0.39 is 11.6 Å². The van der Waals surface area contributed by atoms with Crippen LogP contribution >= 0.6 is 0 Å². The molecular weight excluding hydrogens is 202 g/mol. The van der Waals surface area contributed by atoms with Crippen LogP contribution in [0.15, 0.2) is 18.2 Å². The molecule has 5 heteroatoms. The van der Waals surface area contributed by atoms with E-state index in [1.807, 2.05) is 0 Å². The van der Waals surface area contributed by atoms with E-state index in [1.54, 1.807) is 0 Å². The van der Waals surface area contributed by atoms with E-state index in [9.17, 15) is 13.6 Å². The summed E-state index contributed by atoms with van der Waals surface area (Å²) < 4.78 is 25.7. The predicted molar refractivity (Wildman–Crippen MR) is 50.2 cm³/mol. The van der Waals surface area contributed by atoms with Gasteiger partial charge in [0.15, 0.2) is 0 Å². The second-order valence-corrected chi connectivity index (χ2v) is 3.43. The topological polar surface area (TPSA) is 32.3 Å². The van der Waals surface area contributed by atoms with Crippen LogP contribution in [0.25, 0.3) is 0 Å². The summed E-state index contributed by atoms with van der Waals surface area (Å²) in [4.78, 5) is 12.7. The Morgan fingerprint density at radius 2 is 1.93 bits per heavy atom. The normalized spacial score (nSPS) is 15.6. The van der Waals surface area contributed by atoms with Crippen LogP contribution in [0.2, 0.25) is 0 Å². The van der Waals surface area contributed by atoms with Crippen molar-refractivity contribution in [1.82, 2.24) is 10.2 Å². The number of carbonyl (C=O) groups is 1. The first kappa shape index (κ1) is 9.89. The fourth-order valence-corrected chi connectivity index (χ4v) is 1.58. The predicted octanol–water partition coefficient (Wildman–Crippen LogP) is 1.49. The lowest BCUT2D eigenvalue weighted by atomic mass is 10.2. The third-order valence-corrected chi connectivity index (χ3v) is 2.24. The molecule has 2 amide bonds. The van der Waals surface area contributed by atoms with Gasteiger partial charge in [0.1, 0.15) is 11.6 Å². The molecule has 1 heterocycles. The van der Waals surface area contributed by atoms with Gasteiger partial charge in [-0.25, -0.2) is 13.6 Å². The Morgan fingerprint density at radius 1 is 1.27 bits per heavy atom. The molecule has 0 unspecified atom stereocenters. The van der Waals surface area contributed by atoms with Crippen molar-refractivity contribution in [2.24, 2.45) is 0 Å². The average Bonchev–Trinajstić information content (AvgIpc) is 2.50. The summed E-state index contributed by atoms with van der Waals surface area (Å²) in [6, 6.07) is 3.08. The zero-order chi connectivity index (χ0) is 10.8. The molecule has 1 aliphatic rings. The van der Waals surface area contributed by atoms with Gasteiger partial charge in [-0.2, -0.15) is 0 Å². The van der Waals surface area contributed by atoms with Gasteiger partial charge in [-0.3, -0.25) is 0 Å². The molecule has 0 radical (unpaired) electrons. The Labute approximate surface area is 85.7 Å². The van der Waals surface area contributed by atoms with Gasteiger partial charge >= 0.3 is 6.03 Å². The van der Waals surface area contributed by atoms with Gasteiger partial charge < -0.3 is 10.2 Å². The van der Waals surface area contributed by atoms with E-state index in [2.05, 4.69) is 5.32 Å². The lowest BCUT2D eigenvalue weighted by Crippen LogP contribution is -2.27. The molecule has 0 aromatic heterocycles. The molecule has 1 N–H and O–H groups in total. The molecule has 0 aliphatic carbocycles. The molecular formula is C10H10F2N2O. The molecule has 1 aromatic rings. The Hall–Kier alpha value is -1.65. The lowest BCUT2D eigenvalue weighted by Gasteiger charge is -2.13. The highest BCUT2D eigenvalue weighted by Crippen LogP contribution is 2.11. The van der Waals surface area contributed by atoms with Crippen molar-refractivity contribution in [2.45, 2.75) is 6.54 Å². The number of nitrogens with one attached hydrogen (secondary N) is 1. The molecule has 1 fully saturated rings. The van der Waals surface area contributed by atoms with E-state index >= 15 is 0 Å². The molecule has 0 saturated carbocycles. The molecule has 15 heavy (non-hydrogen) atoms. The third kappa shape index (κ3) is 2.23. The van der Waals surface area contributed by atoms with Gasteiger partial charge in [0, 0.05) is 25.7 Å². The third-order valence-electron chi connectivity index (χ3n) is 2.24. The Morgan fingerprint density at radius 3 is 2.47 bits per heavy atom. The van der Waals surface area contributed by atoms with Crippen LogP contribution in [0.3, 0.4) is 0 Å². The number of benzene rings is 1. The lowest BCUT2D eigenvalue weighted by molar-refractivity contribution is 0.215. The van der Waals surface area contributed by atoms with Crippen molar-refractivity contribution in [3.8, 4) is 0 Å². The quantitative estimate of drug-likeness (QED) is 0.791. The smallest absolute Gasteiger partial charge is 0.317 e. The molecule has 0 atom stereocenters. The first-order chi connectivity index (χ1) is 7.15. The molecule has 0 bridgehead atoms. The monoisotopic (exact) mass is 212 g/mol. The number of rotatable bonds is 2. The van der Waals surface area contributed by atoms with E-state index in [0.29, 0.717) is 18.7 Å². The highest BCUT2D eigenvalue weighted by molar-refractivity contribution is 5.76. The van der Waals surface area contributed by atoms with Crippen molar-refractivity contribution in [2.75, 3.05) is 13.1 Å². The fraction of sp³-hybridized carbons (Fsp3) is 0.300. The summed E-state index contributed by atoms with van der Waals surface area (Å²) in [7, 11) is 0. The highest BCUT2D eigenvalue weighted by Gasteiger charge is 2.19. The van der Waals surface area contributed by atoms with Crippen LogP contribution in [-0.2, 0) is 6.54 Å². The van der Waals surface area contributed by atoms with Crippen molar-refractivity contribution in [3.05, 3.63) is 35.4 Å². The minimum absolute atomic E-state index is 0.195. The first-order valence-electron chi connectivity index (χ1n) is 4.63. The van der Waals surface area contributed by atoms with Crippen molar-refractivity contribution >= 4 is 6.03 Å². The average molecular weight is 212 g/mol. The summed E-state index contributed by atoms with van der Waals surface area (Å²) >= 11 is 0. The van der Waals surface area contributed by atoms with Crippen molar-refractivity contribution in [1.29, 1.82) is 0 Å². The minimum atomic E-state index is -0.621. The van der Waals surface area contributed by atoms with Crippen LogP contribution in [0.1, 0.15) is 5.56 Å². The van der Waals surface area contributed by atoms with Crippen molar-refractivity contribution < 1.29 is 13.6 Å². The molecule has 3 nitrogen and oxygen atoms in total. The first-order valence-corrected chi connectivity index (χ1v) is 4.63. The number of hydrogen-bond donors (Lipinski definition) is 1. The SMILES string of the molecule is O=C1NCCN1Cc1cc(F)cc(F)c1. The summed E-state index contributed by atoms with van der Waals surface area (Å²) in [5.74, 6) is -1.24. The zero-order valence-corrected chi connectivity index (χ0v) is 7.96. The zero-order valence-electron chi connectivity index (χ0n) is 7.96. The molecule has 1 aromatic carbocycles. The molecule has 1 saturated heterocycles. The second kappa shape index (κ2) is 3.84. The van der Waals surface area contributed by atoms with Crippen LogP contribution in [-0.4, -0.2) is 24.0 Å². The minimum Gasteiger partial charge on any atom is -0.336 e. The second-order valence-electron chi connectivity index (χ2n) is 3.43. The Bertz CT molecular complexity index is 375. The Balaban J connectivity index is 2.13.